The van der Waals surface area contributed by atoms with Gasteiger partial charge in [0.05, 0.1) is 30.7 Å². The Morgan fingerprint density at radius 2 is 1.20 bits per heavy atom. The number of ether oxygens (including phenoxy) is 2. The van der Waals surface area contributed by atoms with E-state index in [0.29, 0.717) is 47.1 Å². The highest BCUT2D eigenvalue weighted by Crippen LogP contribution is 2.32. The van der Waals surface area contributed by atoms with E-state index in [4.69, 9.17) is 9.47 Å². The second kappa shape index (κ2) is 17.6. The molecule has 6 aromatic heterocycles. The van der Waals surface area contributed by atoms with E-state index in [-0.39, 0.29) is 30.1 Å². The minimum atomic E-state index is -1.21. The quantitative estimate of drug-likeness (QED) is 0.0509. The number of carbonyl (C=O) groups is 2. The molecule has 61 heavy (non-hydrogen) atoms. The van der Waals surface area contributed by atoms with E-state index in [0.717, 1.165) is 78.8 Å². The van der Waals surface area contributed by atoms with Gasteiger partial charge in [-0.05, 0) is 63.5 Å². The molecule has 0 bridgehead atoms. The van der Waals surface area contributed by atoms with Gasteiger partial charge in [-0.3, -0.25) is 4.68 Å². The third kappa shape index (κ3) is 9.48. The van der Waals surface area contributed by atoms with Gasteiger partial charge in [-0.25, -0.2) is 29.5 Å². The maximum absolute atomic E-state index is 12.8. The average Bonchev–Trinajstić information content (AvgIpc) is 3.94. The van der Waals surface area contributed by atoms with Crippen LogP contribution in [0.5, 0.6) is 0 Å². The lowest BCUT2D eigenvalue weighted by atomic mass is 9.95. The molecule has 0 radical (unpaired) electrons. The molecular formula is C42H58N10O7Si2. The van der Waals surface area contributed by atoms with E-state index in [2.05, 4.69) is 64.3 Å². The van der Waals surface area contributed by atoms with E-state index >= 15 is 0 Å². The molecule has 2 aliphatic carbocycles. The summed E-state index contributed by atoms with van der Waals surface area (Å²) in [5.74, 6) is -2.10. The first-order valence-electron chi connectivity index (χ1n) is 21.1. The number of aromatic carboxylic acids is 2. The lowest BCUT2D eigenvalue weighted by Crippen LogP contribution is -2.38. The first-order valence-corrected chi connectivity index (χ1v) is 28.5. The Morgan fingerprint density at radius 3 is 1.72 bits per heavy atom. The van der Waals surface area contributed by atoms with Gasteiger partial charge in [0.25, 0.3) is 5.69 Å². The van der Waals surface area contributed by atoms with Crippen LogP contribution in [0.15, 0.2) is 24.8 Å². The van der Waals surface area contributed by atoms with Gasteiger partial charge in [0.1, 0.15) is 47.0 Å². The topological polar surface area (TPSA) is 204 Å². The molecule has 0 aliphatic heterocycles. The molecule has 0 spiro atoms. The lowest BCUT2D eigenvalue weighted by Gasteiger charge is -2.15. The van der Waals surface area contributed by atoms with Gasteiger partial charge in [-0.2, -0.15) is 5.10 Å². The minimum Gasteiger partial charge on any atom is -0.595 e. The summed E-state index contributed by atoms with van der Waals surface area (Å²) in [7, 11) is 1.31. The molecule has 0 amide bonds. The number of aryl methyl sites for hydroxylation is 1. The number of fused-ring (bicyclic) bond motifs is 4. The first kappa shape index (κ1) is 43.8. The molecule has 17 nitrogen and oxygen atoms in total. The van der Waals surface area contributed by atoms with Crippen molar-refractivity contribution in [3.05, 3.63) is 63.6 Å². The van der Waals surface area contributed by atoms with Gasteiger partial charge < -0.3 is 34.0 Å². The predicted molar refractivity (Wildman–Crippen MR) is 236 cm³/mol. The Hall–Kier alpha value is -5.25. The van der Waals surface area contributed by atoms with E-state index in [1.54, 1.807) is 39.5 Å². The number of nitrogens with zero attached hydrogens (tertiary/aromatic N) is 10. The molecule has 2 aliphatic rings. The Morgan fingerprint density at radius 1 is 0.721 bits per heavy atom. The normalized spacial score (nSPS) is 14.2. The summed E-state index contributed by atoms with van der Waals surface area (Å²) in [6.45, 7) is 15.5. The van der Waals surface area contributed by atoms with Crippen molar-refractivity contribution in [2.24, 2.45) is 14.1 Å². The number of hydrogen-bond donors (Lipinski definition) is 2. The molecule has 0 saturated heterocycles. The molecule has 326 valence electrons. The van der Waals surface area contributed by atoms with Crippen molar-refractivity contribution in [1.82, 2.24) is 43.5 Å². The second-order valence-electron chi connectivity index (χ2n) is 18.6. The number of hydrogen-bond acceptors (Lipinski definition) is 10. The molecule has 0 fully saturated rings. The zero-order valence-electron chi connectivity index (χ0n) is 36.6. The van der Waals surface area contributed by atoms with Crippen molar-refractivity contribution in [2.75, 3.05) is 13.2 Å². The zero-order chi connectivity index (χ0) is 43.8. The summed E-state index contributed by atoms with van der Waals surface area (Å²) in [6.07, 6.45) is 14.4. The molecule has 6 heterocycles. The number of carboxylic acid groups (broad SMARTS) is 2. The van der Waals surface area contributed by atoms with Crippen LogP contribution in [0, 0.1) is 5.21 Å². The van der Waals surface area contributed by atoms with E-state index < -0.39 is 28.1 Å². The van der Waals surface area contributed by atoms with Gasteiger partial charge in [-0.1, -0.05) is 44.1 Å². The van der Waals surface area contributed by atoms with E-state index in [9.17, 15) is 25.0 Å². The van der Waals surface area contributed by atoms with Crippen LogP contribution in [0.1, 0.15) is 68.9 Å². The maximum atomic E-state index is 12.8. The fraction of sp³-hybridized carbons (Fsp3) is 0.524. The Bertz CT molecular complexity index is 2600. The summed E-state index contributed by atoms with van der Waals surface area (Å²) in [4.78, 5) is 42.9. The van der Waals surface area contributed by atoms with Crippen LogP contribution in [0.3, 0.4) is 0 Å². The third-order valence-corrected chi connectivity index (χ3v) is 14.9. The molecule has 0 aromatic carbocycles. The van der Waals surface area contributed by atoms with Gasteiger partial charge in [0.15, 0.2) is 17.0 Å². The van der Waals surface area contributed by atoms with E-state index in [1.165, 1.54) is 23.9 Å². The summed E-state index contributed by atoms with van der Waals surface area (Å²) < 4.78 is 18.5. The van der Waals surface area contributed by atoms with Crippen LogP contribution < -0.4 is 4.85 Å². The van der Waals surface area contributed by atoms with Gasteiger partial charge in [-0.15, -0.1) is 4.68 Å². The fourth-order valence-corrected chi connectivity index (χ4v) is 9.54. The average molecular weight is 871 g/mol. The Labute approximate surface area is 357 Å². The number of aromatic nitrogens is 10. The van der Waals surface area contributed by atoms with Crippen LogP contribution in [0.25, 0.3) is 45.1 Å². The number of rotatable bonds is 14. The zero-order valence-corrected chi connectivity index (χ0v) is 38.6. The highest BCUT2D eigenvalue weighted by atomic mass is 28.3. The molecule has 2 N–H and O–H groups in total. The SMILES string of the molecule is Cn1c2c(c(-c3cnc4c(n3)c(C(=O)O)cn4COCC[Si](C)(C)C)[n+]1[O-])CCCC2.Cn1nc(-c2cnc3c(n2)c(C(=O)O)cn3COCC[Si](C)(C)C)c2c1CCCC2. The second-order valence-corrected chi connectivity index (χ2v) is 29.8. The molecule has 0 unspecified atom stereocenters. The highest BCUT2D eigenvalue weighted by Gasteiger charge is 2.31. The molecule has 0 atom stereocenters. The van der Waals surface area contributed by atoms with Crippen molar-refractivity contribution in [2.45, 2.75) is 116 Å². The first-order chi connectivity index (χ1) is 28.9. The Balaban J connectivity index is 0.000000184. The summed E-state index contributed by atoms with van der Waals surface area (Å²) >= 11 is 0. The van der Waals surface area contributed by atoms with Gasteiger partial charge >= 0.3 is 11.9 Å². The van der Waals surface area contributed by atoms with E-state index in [1.807, 2.05) is 11.7 Å². The smallest absolute Gasteiger partial charge is 0.339 e. The van der Waals surface area contributed by atoms with Crippen molar-refractivity contribution >= 4 is 50.4 Å². The standard InChI is InChI=1S/C21H29N5O4Si.C21H29N5O3Si/c1-24-17-8-6-5-7-14(17)19(26(24)29)16-11-22-20-18(23-16)15(21(27)28)12-25(20)13-30-9-10-31(2,3)4;1-25-17-8-6-5-7-14(17)18(24-25)16-11-22-20-19(23-16)15(21(27)28)12-26(20)13-29-9-10-30(2,3)4/h11-12H,5-10,13H2,1-4H3,(H,27,28);11-12H,5-10,13H2,1-4H3,(H,27,28). The minimum absolute atomic E-state index is 0.0559. The van der Waals surface area contributed by atoms with Crippen LogP contribution in [-0.2, 0) is 62.7 Å². The maximum Gasteiger partial charge on any atom is 0.339 e. The van der Waals surface area contributed by atoms with Gasteiger partial charge in [0, 0.05) is 60.1 Å². The highest BCUT2D eigenvalue weighted by molar-refractivity contribution is 6.76. The number of carboxylic acids is 2. The van der Waals surface area contributed by atoms with Crippen LogP contribution >= 0.6 is 0 Å². The van der Waals surface area contributed by atoms with Gasteiger partial charge in [0.2, 0.25) is 0 Å². The van der Waals surface area contributed by atoms with Crippen LogP contribution in [0.4, 0.5) is 0 Å². The lowest BCUT2D eigenvalue weighted by molar-refractivity contribution is -0.682. The molecule has 6 aromatic rings. The monoisotopic (exact) mass is 870 g/mol. The van der Waals surface area contributed by atoms with Crippen molar-refractivity contribution in [1.29, 1.82) is 0 Å². The van der Waals surface area contributed by atoms with Crippen molar-refractivity contribution in [3.63, 3.8) is 0 Å². The Kier molecular flexibility index (Phi) is 12.7. The summed E-state index contributed by atoms with van der Waals surface area (Å²) in [5, 5.41) is 36.9. The van der Waals surface area contributed by atoms with Crippen molar-refractivity contribution < 1.29 is 34.1 Å². The molecule has 19 heteroatoms. The fourth-order valence-electron chi connectivity index (χ4n) is 8.03. The summed E-state index contributed by atoms with van der Waals surface area (Å²) in [6, 6.07) is 2.08. The largest absolute Gasteiger partial charge is 0.595 e. The molecule has 8 rings (SSSR count). The van der Waals surface area contributed by atoms with Crippen LogP contribution in [-0.4, -0.2) is 95.0 Å². The molecular weight excluding hydrogens is 813 g/mol. The third-order valence-electron chi connectivity index (χ3n) is 11.5. The molecule has 0 saturated carbocycles. The predicted octanol–water partition coefficient (Wildman–Crippen LogP) is 6.68. The van der Waals surface area contributed by atoms with Crippen LogP contribution in [0.2, 0.25) is 51.4 Å². The summed E-state index contributed by atoms with van der Waals surface area (Å²) in [5.41, 5.74) is 8.59. The van der Waals surface area contributed by atoms with Crippen molar-refractivity contribution in [3.8, 4) is 22.8 Å².